The summed E-state index contributed by atoms with van der Waals surface area (Å²) in [6, 6.07) is 0. The zero-order valence-electron chi connectivity index (χ0n) is 10.3. The summed E-state index contributed by atoms with van der Waals surface area (Å²) in [6.45, 7) is 10.2. The Hall–Kier alpha value is -0.0800. The quantitative estimate of drug-likeness (QED) is 0.632. The lowest BCUT2D eigenvalue weighted by Crippen LogP contribution is -2.44. The summed E-state index contributed by atoms with van der Waals surface area (Å²) >= 11 is 0. The van der Waals surface area contributed by atoms with E-state index in [1.54, 1.807) is 0 Å². The second-order valence-corrected chi connectivity index (χ2v) is 4.66. The molecule has 0 aromatic rings. The Kier molecular flexibility index (Phi) is 7.20. The zero-order valence-corrected chi connectivity index (χ0v) is 10.3. The fourth-order valence-electron chi connectivity index (χ4n) is 1.65. The Morgan fingerprint density at radius 2 is 2.00 bits per heavy atom. The fourth-order valence-corrected chi connectivity index (χ4v) is 1.65. The first-order valence-corrected chi connectivity index (χ1v) is 5.93. The third kappa shape index (κ3) is 5.61. The van der Waals surface area contributed by atoms with Crippen molar-refractivity contribution in [2.24, 2.45) is 5.92 Å². The van der Waals surface area contributed by atoms with Crippen LogP contribution in [0.15, 0.2) is 0 Å². The van der Waals surface area contributed by atoms with Gasteiger partial charge in [-0.2, -0.15) is 0 Å². The van der Waals surface area contributed by atoms with Crippen molar-refractivity contribution in [3.63, 3.8) is 0 Å². The maximum Gasteiger partial charge on any atom is 0.0448 e. The molecule has 2 heteroatoms. The summed E-state index contributed by atoms with van der Waals surface area (Å²) in [5.74, 6) is 0.740. The van der Waals surface area contributed by atoms with E-state index in [0.717, 1.165) is 25.3 Å². The van der Waals surface area contributed by atoms with Crippen LogP contribution in [0, 0.1) is 5.92 Å². The Morgan fingerprint density at radius 3 is 2.43 bits per heavy atom. The molecule has 0 aliphatic heterocycles. The molecule has 0 aliphatic rings. The highest BCUT2D eigenvalue weighted by molar-refractivity contribution is 4.81. The molecule has 2 unspecified atom stereocenters. The first kappa shape index (κ1) is 13.9. The van der Waals surface area contributed by atoms with Gasteiger partial charge in [0, 0.05) is 12.1 Å². The summed E-state index contributed by atoms with van der Waals surface area (Å²) in [5.41, 5.74) is 0.122. The van der Waals surface area contributed by atoms with Gasteiger partial charge in [-0.25, -0.2) is 0 Å². The van der Waals surface area contributed by atoms with Crippen LogP contribution in [-0.4, -0.2) is 23.8 Å². The van der Waals surface area contributed by atoms with Gasteiger partial charge < -0.3 is 10.4 Å². The van der Waals surface area contributed by atoms with Gasteiger partial charge >= 0.3 is 0 Å². The van der Waals surface area contributed by atoms with Crippen LogP contribution in [0.5, 0.6) is 0 Å². The maximum atomic E-state index is 8.96. The lowest BCUT2D eigenvalue weighted by molar-refractivity contribution is 0.209. The van der Waals surface area contributed by atoms with Gasteiger partial charge in [0.2, 0.25) is 0 Å². The topological polar surface area (TPSA) is 32.3 Å². The smallest absolute Gasteiger partial charge is 0.0448 e. The minimum Gasteiger partial charge on any atom is -0.396 e. The van der Waals surface area contributed by atoms with E-state index in [1.807, 2.05) is 0 Å². The van der Waals surface area contributed by atoms with Gasteiger partial charge in [-0.1, -0.05) is 27.2 Å². The van der Waals surface area contributed by atoms with Crippen LogP contribution >= 0.6 is 0 Å². The van der Waals surface area contributed by atoms with Crippen molar-refractivity contribution >= 4 is 0 Å². The molecule has 2 nitrogen and oxygen atoms in total. The third-order valence-electron chi connectivity index (χ3n) is 3.10. The van der Waals surface area contributed by atoms with E-state index in [1.165, 1.54) is 12.8 Å². The average Bonchev–Trinajstić information content (AvgIpc) is 2.16. The predicted molar refractivity (Wildman–Crippen MR) is 62.5 cm³/mol. The Balaban J connectivity index is 3.81. The minimum atomic E-state index is 0.122. The van der Waals surface area contributed by atoms with Gasteiger partial charge in [-0.05, 0) is 38.6 Å². The molecule has 0 radical (unpaired) electrons. The highest BCUT2D eigenvalue weighted by Crippen LogP contribution is 2.15. The van der Waals surface area contributed by atoms with Crippen LogP contribution < -0.4 is 5.32 Å². The van der Waals surface area contributed by atoms with Crippen molar-refractivity contribution in [3.05, 3.63) is 0 Å². The Morgan fingerprint density at radius 1 is 1.36 bits per heavy atom. The summed E-state index contributed by atoms with van der Waals surface area (Å²) in [4.78, 5) is 0. The second-order valence-electron chi connectivity index (χ2n) is 4.66. The lowest BCUT2D eigenvalue weighted by atomic mass is 9.93. The summed E-state index contributed by atoms with van der Waals surface area (Å²) < 4.78 is 0. The lowest BCUT2D eigenvalue weighted by Gasteiger charge is -2.30. The molecule has 0 rings (SSSR count). The van der Waals surface area contributed by atoms with Crippen molar-refractivity contribution in [1.82, 2.24) is 5.32 Å². The van der Waals surface area contributed by atoms with Crippen LogP contribution in [0.3, 0.4) is 0 Å². The third-order valence-corrected chi connectivity index (χ3v) is 3.10. The molecule has 0 bridgehead atoms. The molecule has 0 amide bonds. The van der Waals surface area contributed by atoms with E-state index in [9.17, 15) is 0 Å². The van der Waals surface area contributed by atoms with Gasteiger partial charge in [0.25, 0.3) is 0 Å². The average molecular weight is 201 g/mol. The number of hydrogen-bond acceptors (Lipinski definition) is 2. The first-order valence-electron chi connectivity index (χ1n) is 5.93. The SMILES string of the molecule is CCCC(C)CNC(C)(CC)CCO. The van der Waals surface area contributed by atoms with E-state index in [-0.39, 0.29) is 12.1 Å². The Bertz CT molecular complexity index is 138. The van der Waals surface area contributed by atoms with Gasteiger partial charge in [0.15, 0.2) is 0 Å². The van der Waals surface area contributed by atoms with Crippen molar-refractivity contribution in [3.8, 4) is 0 Å². The number of hydrogen-bond donors (Lipinski definition) is 2. The predicted octanol–water partition coefficient (Wildman–Crippen LogP) is 2.56. The normalized spacial score (nSPS) is 17.8. The molecule has 86 valence electrons. The fraction of sp³-hybridized carbons (Fsp3) is 1.00. The Labute approximate surface area is 89.1 Å². The molecular formula is C12H27NO. The first-order chi connectivity index (χ1) is 6.58. The number of aliphatic hydroxyl groups excluding tert-OH is 1. The molecule has 0 saturated carbocycles. The molecule has 0 fully saturated rings. The molecule has 0 aromatic carbocycles. The van der Waals surface area contributed by atoms with Gasteiger partial charge in [0.05, 0.1) is 0 Å². The van der Waals surface area contributed by atoms with Gasteiger partial charge in [-0.3, -0.25) is 0 Å². The zero-order chi connectivity index (χ0) is 11.0. The molecule has 14 heavy (non-hydrogen) atoms. The number of aliphatic hydroxyl groups is 1. The van der Waals surface area contributed by atoms with E-state index in [4.69, 9.17) is 5.11 Å². The monoisotopic (exact) mass is 201 g/mol. The molecule has 2 N–H and O–H groups in total. The van der Waals surface area contributed by atoms with Crippen LogP contribution in [0.2, 0.25) is 0 Å². The van der Waals surface area contributed by atoms with E-state index in [2.05, 4.69) is 33.0 Å². The maximum absolute atomic E-state index is 8.96. The summed E-state index contributed by atoms with van der Waals surface area (Å²) in [7, 11) is 0. The van der Waals surface area contributed by atoms with Crippen molar-refractivity contribution < 1.29 is 5.11 Å². The van der Waals surface area contributed by atoms with Crippen LogP contribution in [0.25, 0.3) is 0 Å². The van der Waals surface area contributed by atoms with Crippen molar-refractivity contribution in [2.75, 3.05) is 13.2 Å². The minimum absolute atomic E-state index is 0.122. The van der Waals surface area contributed by atoms with Crippen LogP contribution in [0.4, 0.5) is 0 Å². The van der Waals surface area contributed by atoms with E-state index < -0.39 is 0 Å². The standard InChI is InChI=1S/C12H27NO/c1-5-7-11(3)10-13-12(4,6-2)8-9-14/h11,13-14H,5-10H2,1-4H3. The molecule has 0 spiro atoms. The highest BCUT2D eigenvalue weighted by atomic mass is 16.3. The van der Waals surface area contributed by atoms with Crippen molar-refractivity contribution in [2.45, 2.75) is 58.9 Å². The largest absolute Gasteiger partial charge is 0.396 e. The second kappa shape index (κ2) is 7.24. The number of nitrogens with one attached hydrogen (secondary N) is 1. The highest BCUT2D eigenvalue weighted by Gasteiger charge is 2.20. The molecule has 0 saturated heterocycles. The van der Waals surface area contributed by atoms with E-state index in [0.29, 0.717) is 0 Å². The molecular weight excluding hydrogens is 174 g/mol. The molecule has 0 aromatic heterocycles. The van der Waals surface area contributed by atoms with Crippen molar-refractivity contribution in [1.29, 1.82) is 0 Å². The van der Waals surface area contributed by atoms with Gasteiger partial charge in [0.1, 0.15) is 0 Å². The van der Waals surface area contributed by atoms with Gasteiger partial charge in [-0.15, -0.1) is 0 Å². The summed E-state index contributed by atoms with van der Waals surface area (Å²) in [6.07, 6.45) is 4.46. The van der Waals surface area contributed by atoms with E-state index >= 15 is 0 Å². The number of rotatable bonds is 8. The van der Waals surface area contributed by atoms with Crippen LogP contribution in [-0.2, 0) is 0 Å². The molecule has 2 atom stereocenters. The summed E-state index contributed by atoms with van der Waals surface area (Å²) in [5, 5.41) is 12.5. The van der Waals surface area contributed by atoms with Crippen LogP contribution in [0.1, 0.15) is 53.4 Å². The molecule has 0 heterocycles. The molecule has 0 aliphatic carbocycles.